The SMILES string of the molecule is CCCN1CN(c2ccccc2)C2(CCN(CCCC(=O)c3ccc(F)cc3I)CC2)C1=O. The fraction of sp³-hybridized carbons (Fsp3) is 0.462. The highest BCUT2D eigenvalue weighted by atomic mass is 127. The Labute approximate surface area is 209 Å². The van der Waals surface area contributed by atoms with Crippen LogP contribution in [0, 0.1) is 9.39 Å². The molecule has 0 atom stereocenters. The highest BCUT2D eigenvalue weighted by Crippen LogP contribution is 2.39. The highest BCUT2D eigenvalue weighted by Gasteiger charge is 2.53. The van der Waals surface area contributed by atoms with Gasteiger partial charge in [0.15, 0.2) is 5.78 Å². The lowest BCUT2D eigenvalue weighted by Gasteiger charge is -2.43. The van der Waals surface area contributed by atoms with Gasteiger partial charge in [0.2, 0.25) is 5.91 Å². The molecule has 4 rings (SSSR count). The minimum absolute atomic E-state index is 0.0595. The second kappa shape index (κ2) is 10.5. The number of likely N-dealkylation sites (tertiary alicyclic amines) is 1. The van der Waals surface area contributed by atoms with E-state index in [9.17, 15) is 14.0 Å². The van der Waals surface area contributed by atoms with Crippen LogP contribution in [0.4, 0.5) is 10.1 Å². The summed E-state index contributed by atoms with van der Waals surface area (Å²) < 4.78 is 14.0. The van der Waals surface area contributed by atoms with Crippen LogP contribution in [0.25, 0.3) is 0 Å². The van der Waals surface area contributed by atoms with Crippen LogP contribution in [-0.2, 0) is 4.79 Å². The largest absolute Gasteiger partial charge is 0.339 e. The maximum atomic E-state index is 13.5. The van der Waals surface area contributed by atoms with Crippen LogP contribution in [0.1, 0.15) is 49.4 Å². The zero-order valence-electron chi connectivity index (χ0n) is 19.1. The molecule has 0 radical (unpaired) electrons. The van der Waals surface area contributed by atoms with Crippen molar-refractivity contribution in [2.75, 3.05) is 37.7 Å². The maximum absolute atomic E-state index is 13.5. The summed E-state index contributed by atoms with van der Waals surface area (Å²) in [5, 5.41) is 0. The molecule has 0 saturated carbocycles. The van der Waals surface area contributed by atoms with E-state index in [1.807, 2.05) is 45.7 Å². The Morgan fingerprint density at radius 2 is 1.82 bits per heavy atom. The molecular formula is C26H31FIN3O2. The van der Waals surface area contributed by atoms with Gasteiger partial charge in [-0.15, -0.1) is 0 Å². The van der Waals surface area contributed by atoms with Crippen molar-refractivity contribution in [3.05, 3.63) is 63.5 Å². The summed E-state index contributed by atoms with van der Waals surface area (Å²) in [5.74, 6) is -0.0000637. The fourth-order valence-corrected chi connectivity index (χ4v) is 5.88. The third-order valence-electron chi connectivity index (χ3n) is 6.87. The summed E-state index contributed by atoms with van der Waals surface area (Å²) >= 11 is 2.02. The lowest BCUT2D eigenvalue weighted by Crippen LogP contribution is -2.56. The minimum Gasteiger partial charge on any atom is -0.339 e. The van der Waals surface area contributed by atoms with Gasteiger partial charge in [-0.3, -0.25) is 9.59 Å². The molecule has 2 heterocycles. The molecule has 2 aromatic carbocycles. The number of amides is 1. The number of anilines is 1. The molecule has 5 nitrogen and oxygen atoms in total. The number of nitrogens with zero attached hydrogens (tertiary/aromatic N) is 3. The van der Waals surface area contributed by atoms with Crippen molar-refractivity contribution >= 4 is 40.0 Å². The maximum Gasteiger partial charge on any atom is 0.250 e. The second-order valence-electron chi connectivity index (χ2n) is 9.00. The van der Waals surface area contributed by atoms with Crippen molar-refractivity contribution in [1.29, 1.82) is 0 Å². The highest BCUT2D eigenvalue weighted by molar-refractivity contribution is 14.1. The van der Waals surface area contributed by atoms with Gasteiger partial charge in [-0.2, -0.15) is 0 Å². The molecule has 0 aromatic heterocycles. The Kier molecular flexibility index (Phi) is 7.69. The molecule has 2 aliphatic heterocycles. The van der Waals surface area contributed by atoms with Gasteiger partial charge in [-0.25, -0.2) is 4.39 Å². The van der Waals surface area contributed by atoms with E-state index in [0.717, 1.165) is 57.5 Å². The van der Waals surface area contributed by atoms with Crippen LogP contribution in [0.5, 0.6) is 0 Å². The number of benzene rings is 2. The van der Waals surface area contributed by atoms with Gasteiger partial charge in [0.25, 0.3) is 0 Å². The van der Waals surface area contributed by atoms with Gasteiger partial charge in [0, 0.05) is 40.9 Å². The van der Waals surface area contributed by atoms with Crippen LogP contribution in [-0.4, -0.2) is 59.9 Å². The van der Waals surface area contributed by atoms with Crippen molar-refractivity contribution in [2.24, 2.45) is 0 Å². The van der Waals surface area contributed by atoms with E-state index in [1.165, 1.54) is 12.1 Å². The minimum atomic E-state index is -0.465. The molecule has 1 spiro atoms. The first-order valence-electron chi connectivity index (χ1n) is 11.8. The first kappa shape index (κ1) is 24.1. The normalized spacial score (nSPS) is 18.3. The molecule has 0 N–H and O–H groups in total. The monoisotopic (exact) mass is 563 g/mol. The molecule has 0 aliphatic carbocycles. The second-order valence-corrected chi connectivity index (χ2v) is 10.2. The van der Waals surface area contributed by atoms with E-state index in [2.05, 4.69) is 28.9 Å². The molecule has 1 amide bonds. The molecular weight excluding hydrogens is 532 g/mol. The quantitative estimate of drug-likeness (QED) is 0.337. The number of hydrogen-bond donors (Lipinski definition) is 0. The van der Waals surface area contributed by atoms with Crippen LogP contribution < -0.4 is 4.90 Å². The van der Waals surface area contributed by atoms with Crippen LogP contribution in [0.2, 0.25) is 0 Å². The number of para-hydroxylation sites is 1. The van der Waals surface area contributed by atoms with Crippen molar-refractivity contribution in [2.45, 2.75) is 44.6 Å². The van der Waals surface area contributed by atoms with Crippen molar-refractivity contribution in [3.63, 3.8) is 0 Å². The summed E-state index contributed by atoms with van der Waals surface area (Å²) in [5.41, 5.74) is 1.24. The van der Waals surface area contributed by atoms with E-state index < -0.39 is 5.54 Å². The number of carbonyl (C=O) groups excluding carboxylic acids is 2. The molecule has 2 aliphatic rings. The fourth-order valence-electron chi connectivity index (χ4n) is 5.10. The summed E-state index contributed by atoms with van der Waals surface area (Å²) in [7, 11) is 0. The first-order valence-corrected chi connectivity index (χ1v) is 12.8. The zero-order valence-corrected chi connectivity index (χ0v) is 21.3. The van der Waals surface area contributed by atoms with Crippen molar-refractivity contribution in [1.82, 2.24) is 9.80 Å². The van der Waals surface area contributed by atoms with E-state index in [4.69, 9.17) is 0 Å². The predicted octanol–water partition coefficient (Wildman–Crippen LogP) is 4.94. The Bertz CT molecular complexity index is 992. The number of ketones is 1. The molecule has 176 valence electrons. The standard InChI is InChI=1S/C26H31FIN3O2/c1-2-14-30-19-31(21-7-4-3-5-8-21)26(25(30)33)12-16-29(17-13-26)15-6-9-24(32)22-11-10-20(27)18-23(22)28/h3-5,7-8,10-11,18H,2,6,9,12-17,19H2,1H3. The van der Waals surface area contributed by atoms with Crippen LogP contribution >= 0.6 is 22.6 Å². The van der Waals surface area contributed by atoms with Crippen LogP contribution in [0.3, 0.4) is 0 Å². The van der Waals surface area contributed by atoms with E-state index in [0.29, 0.717) is 22.2 Å². The molecule has 2 fully saturated rings. The van der Waals surface area contributed by atoms with Gasteiger partial charge in [-0.1, -0.05) is 25.1 Å². The smallest absolute Gasteiger partial charge is 0.250 e. The third-order valence-corrected chi connectivity index (χ3v) is 7.76. The third kappa shape index (κ3) is 5.09. The molecule has 33 heavy (non-hydrogen) atoms. The summed E-state index contributed by atoms with van der Waals surface area (Å²) in [6, 6.07) is 14.6. The van der Waals surface area contributed by atoms with Gasteiger partial charge in [0.05, 0.1) is 6.67 Å². The predicted molar refractivity (Wildman–Crippen MR) is 137 cm³/mol. The van der Waals surface area contributed by atoms with E-state index in [1.54, 1.807) is 6.07 Å². The number of halogens is 2. The molecule has 7 heteroatoms. The Morgan fingerprint density at radius 3 is 2.48 bits per heavy atom. The average molecular weight is 563 g/mol. The number of rotatable bonds is 8. The Morgan fingerprint density at radius 1 is 1.09 bits per heavy atom. The number of carbonyl (C=O) groups is 2. The topological polar surface area (TPSA) is 43.9 Å². The molecule has 0 bridgehead atoms. The van der Waals surface area contributed by atoms with Crippen molar-refractivity contribution in [3.8, 4) is 0 Å². The average Bonchev–Trinajstić information content (AvgIpc) is 3.07. The van der Waals surface area contributed by atoms with Gasteiger partial charge in [-0.05, 0) is 85.2 Å². The summed E-state index contributed by atoms with van der Waals surface area (Å²) in [4.78, 5) is 32.7. The summed E-state index contributed by atoms with van der Waals surface area (Å²) in [6.07, 6.45) is 3.76. The number of hydrogen-bond acceptors (Lipinski definition) is 4. The molecule has 2 saturated heterocycles. The molecule has 0 unspecified atom stereocenters. The first-order chi connectivity index (χ1) is 15.9. The van der Waals surface area contributed by atoms with E-state index >= 15 is 0 Å². The molecule has 2 aromatic rings. The summed E-state index contributed by atoms with van der Waals surface area (Å²) in [6.45, 7) is 6.08. The van der Waals surface area contributed by atoms with Crippen molar-refractivity contribution < 1.29 is 14.0 Å². The number of piperidine rings is 1. The Hall–Kier alpha value is -2.00. The number of Topliss-reactive ketones (excluding diaryl/α,β-unsaturated/α-hetero) is 1. The Balaban J connectivity index is 1.36. The zero-order chi connectivity index (χ0) is 23.4. The van der Waals surface area contributed by atoms with Crippen LogP contribution in [0.15, 0.2) is 48.5 Å². The van der Waals surface area contributed by atoms with Gasteiger partial charge >= 0.3 is 0 Å². The van der Waals surface area contributed by atoms with Gasteiger partial charge < -0.3 is 14.7 Å². The lowest BCUT2D eigenvalue weighted by molar-refractivity contribution is -0.133. The van der Waals surface area contributed by atoms with E-state index in [-0.39, 0.29) is 17.5 Å². The lowest BCUT2D eigenvalue weighted by atomic mass is 9.85. The van der Waals surface area contributed by atoms with Gasteiger partial charge in [0.1, 0.15) is 11.4 Å².